The van der Waals surface area contributed by atoms with Gasteiger partial charge in [0.05, 0.1) is 18.0 Å². The van der Waals surface area contributed by atoms with Gasteiger partial charge in [-0.25, -0.2) is 4.68 Å². The third-order valence-electron chi connectivity index (χ3n) is 3.18. The quantitative estimate of drug-likeness (QED) is 0.696. The highest BCUT2D eigenvalue weighted by Gasteiger charge is 2.16. The van der Waals surface area contributed by atoms with Crippen molar-refractivity contribution in [2.45, 2.75) is 6.92 Å². The van der Waals surface area contributed by atoms with E-state index in [4.69, 9.17) is 4.74 Å². The first kappa shape index (κ1) is 16.1. The molecule has 22 heavy (non-hydrogen) atoms. The Kier molecular flexibility index (Phi) is 6.05. The van der Waals surface area contributed by atoms with Gasteiger partial charge in [0, 0.05) is 26.7 Å². The topological polar surface area (TPSA) is 81.1 Å². The smallest absolute Gasteiger partial charge is 0.273 e. The predicted molar refractivity (Wildman–Crippen MR) is 83.2 cm³/mol. The van der Waals surface area contributed by atoms with Gasteiger partial charge >= 0.3 is 0 Å². The molecule has 7 nitrogen and oxygen atoms in total. The molecule has 0 radical (unpaired) electrons. The molecule has 1 heterocycles. The molecule has 0 bridgehead atoms. The highest BCUT2D eigenvalue weighted by atomic mass is 16.5. The Hall–Kier alpha value is -2.25. The summed E-state index contributed by atoms with van der Waals surface area (Å²) in [6.45, 7) is 4.45. The van der Waals surface area contributed by atoms with E-state index >= 15 is 0 Å². The van der Waals surface area contributed by atoms with Gasteiger partial charge in [0.15, 0.2) is 5.69 Å². The summed E-state index contributed by atoms with van der Waals surface area (Å²) in [6.07, 6.45) is 0. The molecule has 1 amide bonds. The summed E-state index contributed by atoms with van der Waals surface area (Å²) in [6, 6.07) is 9.61. The van der Waals surface area contributed by atoms with Crippen LogP contribution in [0.4, 0.5) is 0 Å². The van der Waals surface area contributed by atoms with Gasteiger partial charge in [-0.15, -0.1) is 5.10 Å². The van der Waals surface area contributed by atoms with Crippen molar-refractivity contribution < 1.29 is 9.53 Å². The Labute approximate surface area is 129 Å². The van der Waals surface area contributed by atoms with Crippen LogP contribution in [0.25, 0.3) is 5.69 Å². The van der Waals surface area contributed by atoms with E-state index < -0.39 is 0 Å². The first-order chi connectivity index (χ1) is 10.7. The van der Waals surface area contributed by atoms with Crippen LogP contribution >= 0.6 is 0 Å². The number of nitrogens with zero attached hydrogens (tertiary/aromatic N) is 3. The lowest BCUT2D eigenvalue weighted by Gasteiger charge is -2.06. The highest BCUT2D eigenvalue weighted by molar-refractivity contribution is 5.93. The van der Waals surface area contributed by atoms with Gasteiger partial charge in [0.25, 0.3) is 5.91 Å². The Morgan fingerprint density at radius 1 is 1.23 bits per heavy atom. The molecule has 0 fully saturated rings. The summed E-state index contributed by atoms with van der Waals surface area (Å²) in [4.78, 5) is 12.1. The molecule has 0 spiro atoms. The zero-order valence-electron chi connectivity index (χ0n) is 12.9. The lowest BCUT2D eigenvalue weighted by molar-refractivity contribution is 0.0948. The van der Waals surface area contributed by atoms with Crippen molar-refractivity contribution in [3.8, 4) is 5.69 Å². The fourth-order valence-corrected chi connectivity index (χ4v) is 2.00. The number of carbonyl (C=O) groups excluding carboxylic acids is 1. The van der Waals surface area contributed by atoms with Crippen LogP contribution in [0, 0.1) is 6.92 Å². The number of aromatic nitrogens is 3. The molecule has 0 saturated heterocycles. The zero-order valence-corrected chi connectivity index (χ0v) is 12.9. The van der Waals surface area contributed by atoms with E-state index in [1.54, 1.807) is 11.8 Å². The monoisotopic (exact) mass is 303 g/mol. The second-order valence-corrected chi connectivity index (χ2v) is 4.77. The molecule has 1 aromatic heterocycles. The predicted octanol–water partition coefficient (Wildman–Crippen LogP) is 0.542. The number of rotatable bonds is 8. The van der Waals surface area contributed by atoms with Crippen molar-refractivity contribution in [1.29, 1.82) is 0 Å². The summed E-state index contributed by atoms with van der Waals surface area (Å²) < 4.78 is 6.59. The second-order valence-electron chi connectivity index (χ2n) is 4.77. The molecule has 0 aliphatic heterocycles. The maximum absolute atomic E-state index is 12.1. The third kappa shape index (κ3) is 4.12. The van der Waals surface area contributed by atoms with Crippen molar-refractivity contribution >= 4 is 5.91 Å². The van der Waals surface area contributed by atoms with E-state index in [9.17, 15) is 4.79 Å². The average Bonchev–Trinajstić information content (AvgIpc) is 2.93. The van der Waals surface area contributed by atoms with E-state index in [-0.39, 0.29) is 5.91 Å². The second kappa shape index (κ2) is 8.26. The number of para-hydroxylation sites is 1. The fourth-order valence-electron chi connectivity index (χ4n) is 2.00. The lowest BCUT2D eigenvalue weighted by Crippen LogP contribution is -2.33. The van der Waals surface area contributed by atoms with Crippen LogP contribution in [0.5, 0.6) is 0 Å². The summed E-state index contributed by atoms with van der Waals surface area (Å²) in [5.74, 6) is -0.215. The van der Waals surface area contributed by atoms with Crippen LogP contribution in [0.1, 0.15) is 16.2 Å². The largest absolute Gasteiger partial charge is 0.383 e. The van der Waals surface area contributed by atoms with E-state index in [1.807, 2.05) is 37.3 Å². The van der Waals surface area contributed by atoms with Crippen molar-refractivity contribution in [2.24, 2.45) is 0 Å². The Morgan fingerprint density at radius 2 is 2.00 bits per heavy atom. The van der Waals surface area contributed by atoms with Crippen molar-refractivity contribution in [1.82, 2.24) is 25.6 Å². The maximum atomic E-state index is 12.1. The van der Waals surface area contributed by atoms with Crippen molar-refractivity contribution in [2.75, 3.05) is 33.4 Å². The van der Waals surface area contributed by atoms with Crippen LogP contribution in [-0.2, 0) is 4.74 Å². The third-order valence-corrected chi connectivity index (χ3v) is 3.18. The van der Waals surface area contributed by atoms with Crippen molar-refractivity contribution in [3.63, 3.8) is 0 Å². The lowest BCUT2D eigenvalue weighted by atomic mass is 10.3. The fraction of sp³-hybridized carbons (Fsp3) is 0.400. The highest BCUT2D eigenvalue weighted by Crippen LogP contribution is 2.11. The molecule has 7 heteroatoms. The van der Waals surface area contributed by atoms with E-state index in [0.29, 0.717) is 25.4 Å². The molecule has 2 N–H and O–H groups in total. The molecule has 118 valence electrons. The molecule has 0 aliphatic carbocycles. The van der Waals surface area contributed by atoms with Crippen LogP contribution in [0.2, 0.25) is 0 Å². The van der Waals surface area contributed by atoms with Gasteiger partial charge < -0.3 is 15.4 Å². The minimum Gasteiger partial charge on any atom is -0.383 e. The van der Waals surface area contributed by atoms with E-state index in [1.165, 1.54) is 0 Å². The molecule has 0 atom stereocenters. The number of hydrogen-bond donors (Lipinski definition) is 2. The molecule has 2 rings (SSSR count). The number of amides is 1. The van der Waals surface area contributed by atoms with Gasteiger partial charge in [-0.1, -0.05) is 23.4 Å². The normalized spacial score (nSPS) is 10.6. The van der Waals surface area contributed by atoms with E-state index in [2.05, 4.69) is 20.9 Å². The summed E-state index contributed by atoms with van der Waals surface area (Å²) in [5, 5.41) is 14.0. The van der Waals surface area contributed by atoms with Gasteiger partial charge in [-0.2, -0.15) is 0 Å². The summed E-state index contributed by atoms with van der Waals surface area (Å²) in [7, 11) is 1.66. The molecule has 1 aromatic carbocycles. The number of hydrogen-bond acceptors (Lipinski definition) is 5. The number of benzene rings is 1. The maximum Gasteiger partial charge on any atom is 0.273 e. The van der Waals surface area contributed by atoms with Crippen LogP contribution in [0.3, 0.4) is 0 Å². The van der Waals surface area contributed by atoms with Crippen molar-refractivity contribution in [3.05, 3.63) is 41.7 Å². The number of methoxy groups -OCH3 is 1. The molecular formula is C15H21N5O2. The summed E-state index contributed by atoms with van der Waals surface area (Å²) in [5.41, 5.74) is 1.95. The van der Waals surface area contributed by atoms with E-state index in [0.717, 1.165) is 17.9 Å². The molecule has 0 unspecified atom stereocenters. The standard InChI is InChI=1S/C15H21N5O2/c1-12-14(15(21)17-9-8-16-10-11-22-2)18-19-20(12)13-6-4-3-5-7-13/h3-7,16H,8-11H2,1-2H3,(H,17,21). The molecule has 0 saturated carbocycles. The summed E-state index contributed by atoms with van der Waals surface area (Å²) >= 11 is 0. The molecule has 2 aromatic rings. The number of ether oxygens (including phenoxy) is 1. The van der Waals surface area contributed by atoms with Gasteiger partial charge in [-0.3, -0.25) is 4.79 Å². The van der Waals surface area contributed by atoms with Crippen LogP contribution in [0.15, 0.2) is 30.3 Å². The van der Waals surface area contributed by atoms with Gasteiger partial charge in [0.1, 0.15) is 0 Å². The average molecular weight is 303 g/mol. The molecule has 0 aliphatic rings. The Morgan fingerprint density at radius 3 is 2.73 bits per heavy atom. The first-order valence-corrected chi connectivity index (χ1v) is 7.19. The Balaban J connectivity index is 1.90. The SMILES string of the molecule is COCCNCCNC(=O)c1nnn(-c2ccccc2)c1C. The zero-order chi connectivity index (χ0) is 15.8. The molecular weight excluding hydrogens is 282 g/mol. The Bertz CT molecular complexity index is 597. The number of carbonyl (C=O) groups is 1. The van der Waals surface area contributed by atoms with Gasteiger partial charge in [-0.05, 0) is 19.1 Å². The minimum absolute atomic E-state index is 0.215. The number of nitrogens with one attached hydrogen (secondary N) is 2. The minimum atomic E-state index is -0.215. The van der Waals surface area contributed by atoms with Gasteiger partial charge in [0.2, 0.25) is 0 Å². The van der Waals surface area contributed by atoms with Crippen LogP contribution in [-0.4, -0.2) is 54.3 Å². The first-order valence-electron chi connectivity index (χ1n) is 7.19. The van der Waals surface area contributed by atoms with Crippen LogP contribution < -0.4 is 10.6 Å².